The van der Waals surface area contributed by atoms with Gasteiger partial charge in [0.15, 0.2) is 11.0 Å². The van der Waals surface area contributed by atoms with Gasteiger partial charge in [0.1, 0.15) is 0 Å². The molecule has 0 radical (unpaired) electrons. The minimum atomic E-state index is -0.687. The minimum absolute atomic E-state index is 0.127. The van der Waals surface area contributed by atoms with Crippen LogP contribution in [0.25, 0.3) is 22.1 Å². The Morgan fingerprint density at radius 3 is 2.59 bits per heavy atom. The summed E-state index contributed by atoms with van der Waals surface area (Å²) < 4.78 is 2.70. The zero-order valence-electron chi connectivity index (χ0n) is 10.6. The van der Waals surface area contributed by atoms with E-state index in [9.17, 15) is 20.2 Å². The van der Waals surface area contributed by atoms with Crippen LogP contribution in [0, 0.1) is 20.2 Å². The smallest absolute Gasteiger partial charge is 0.258 e. The summed E-state index contributed by atoms with van der Waals surface area (Å²) in [5, 5.41) is 36.5. The van der Waals surface area contributed by atoms with Gasteiger partial charge in [-0.05, 0) is 0 Å². The van der Waals surface area contributed by atoms with Crippen LogP contribution in [-0.2, 0) is 0 Å². The van der Waals surface area contributed by atoms with Crippen LogP contribution in [0.1, 0.15) is 0 Å². The number of nitro groups is 2. The van der Waals surface area contributed by atoms with Gasteiger partial charge in [0.05, 0.1) is 39.1 Å². The van der Waals surface area contributed by atoms with Crippen LogP contribution in [0.15, 0.2) is 24.5 Å². The van der Waals surface area contributed by atoms with Crippen LogP contribution in [0.5, 0.6) is 0 Å². The van der Waals surface area contributed by atoms with Crippen LogP contribution in [-0.4, -0.2) is 35.0 Å². The first-order valence-electron chi connectivity index (χ1n) is 5.92. The number of fused-ring (bicyclic) bond motifs is 5. The zero-order valence-corrected chi connectivity index (χ0v) is 10.6. The summed E-state index contributed by atoms with van der Waals surface area (Å²) in [5.74, 6) is 0. The molecular weight excluding hydrogens is 296 g/mol. The van der Waals surface area contributed by atoms with Gasteiger partial charge in [-0.1, -0.05) is 0 Å². The van der Waals surface area contributed by atoms with Crippen molar-refractivity contribution in [2.24, 2.45) is 0 Å². The predicted octanol–water partition coefficient (Wildman–Crippen LogP) is 0.161. The maximum absolute atomic E-state index is 11.2. The van der Waals surface area contributed by atoms with E-state index in [1.807, 2.05) is 0 Å². The first-order chi connectivity index (χ1) is 10.6. The summed E-state index contributed by atoms with van der Waals surface area (Å²) in [6.07, 6.45) is 2.83. The topological polar surface area (TPSA) is 149 Å². The summed E-state index contributed by atoms with van der Waals surface area (Å²) in [6, 6.07) is 2.14. The molecule has 4 aromatic rings. The van der Waals surface area contributed by atoms with Gasteiger partial charge in [0.2, 0.25) is 11.0 Å². The van der Waals surface area contributed by atoms with Crippen LogP contribution < -0.4 is 4.52 Å². The molecule has 0 aliphatic heterocycles. The van der Waals surface area contributed by atoms with Crippen molar-refractivity contribution in [1.82, 2.24) is 25.1 Å². The molecule has 1 N–H and O–H groups in total. The second-order valence-electron chi connectivity index (χ2n) is 4.45. The quantitative estimate of drug-likeness (QED) is 0.314. The summed E-state index contributed by atoms with van der Waals surface area (Å²) >= 11 is 0. The van der Waals surface area contributed by atoms with Gasteiger partial charge >= 0.3 is 5.69 Å². The lowest BCUT2D eigenvalue weighted by Gasteiger charge is -1.93. The molecule has 3 heterocycles. The molecular formula is C10H5N8O4+. The molecule has 12 heteroatoms. The van der Waals surface area contributed by atoms with Gasteiger partial charge in [-0.15, -0.1) is 4.52 Å². The lowest BCUT2D eigenvalue weighted by molar-refractivity contribution is -0.573. The first kappa shape index (κ1) is 12.1. The molecule has 108 valence electrons. The Hall–Kier alpha value is -3.70. The van der Waals surface area contributed by atoms with Crippen molar-refractivity contribution >= 4 is 33.4 Å². The van der Waals surface area contributed by atoms with Crippen molar-refractivity contribution < 1.29 is 14.4 Å². The molecule has 0 amide bonds. The van der Waals surface area contributed by atoms with Crippen molar-refractivity contribution in [3.05, 3.63) is 44.8 Å². The predicted molar refractivity (Wildman–Crippen MR) is 69.1 cm³/mol. The van der Waals surface area contributed by atoms with E-state index in [0.717, 1.165) is 6.07 Å². The third-order valence-electron chi connectivity index (χ3n) is 3.24. The number of nitro benzene ring substituents is 2. The molecule has 0 bridgehead atoms. The highest BCUT2D eigenvalue weighted by Gasteiger charge is 2.28. The molecule has 0 saturated carbocycles. The molecule has 0 spiro atoms. The van der Waals surface area contributed by atoms with Gasteiger partial charge in [-0.3, -0.25) is 20.2 Å². The molecule has 12 nitrogen and oxygen atoms in total. The monoisotopic (exact) mass is 301 g/mol. The fraction of sp³-hybridized carbons (Fsp3) is 0. The summed E-state index contributed by atoms with van der Waals surface area (Å²) in [5.41, 5.74) is 0.582. The molecule has 0 aliphatic rings. The highest BCUT2D eigenvalue weighted by molar-refractivity contribution is 5.85. The van der Waals surface area contributed by atoms with E-state index in [4.69, 9.17) is 0 Å². The van der Waals surface area contributed by atoms with Crippen molar-refractivity contribution in [2.45, 2.75) is 0 Å². The summed E-state index contributed by atoms with van der Waals surface area (Å²) in [7, 11) is 0. The van der Waals surface area contributed by atoms with Gasteiger partial charge < -0.3 is 0 Å². The molecule has 3 aromatic heterocycles. The van der Waals surface area contributed by atoms with Crippen LogP contribution in [0.3, 0.4) is 0 Å². The highest BCUT2D eigenvalue weighted by Crippen LogP contribution is 2.28. The van der Waals surface area contributed by atoms with Crippen molar-refractivity contribution in [3.8, 4) is 0 Å². The van der Waals surface area contributed by atoms with E-state index in [-0.39, 0.29) is 16.7 Å². The number of hydrogen-bond donors (Lipinski definition) is 1. The number of aromatic amines is 1. The average molecular weight is 301 g/mol. The average Bonchev–Trinajstić information content (AvgIpc) is 3.01. The number of nitrogens with zero attached hydrogens (tertiary/aromatic N) is 7. The van der Waals surface area contributed by atoms with E-state index >= 15 is 0 Å². The molecule has 22 heavy (non-hydrogen) atoms. The maximum atomic E-state index is 11.2. The molecule has 0 aliphatic carbocycles. The fourth-order valence-corrected chi connectivity index (χ4v) is 2.33. The van der Waals surface area contributed by atoms with Gasteiger partial charge in [0.25, 0.3) is 5.69 Å². The van der Waals surface area contributed by atoms with Crippen LogP contribution in [0.2, 0.25) is 0 Å². The summed E-state index contributed by atoms with van der Waals surface area (Å²) in [4.78, 5) is 20.8. The standard InChI is InChI=1S/C10H5N8O4/c19-16(20)5-1-7-10(8(2-5)17(21)22)14-18-13-6-3-11-12-4-9(6)15(7)18/h1-4H,(H,13,14)/q+1. The van der Waals surface area contributed by atoms with E-state index in [0.29, 0.717) is 11.0 Å². The van der Waals surface area contributed by atoms with E-state index in [2.05, 4.69) is 20.4 Å². The van der Waals surface area contributed by atoms with E-state index in [1.165, 1.54) is 27.7 Å². The number of H-pyrrole nitrogens is 1. The maximum Gasteiger partial charge on any atom is 0.320 e. The number of non-ortho nitro benzene ring substituents is 2. The Labute approximate surface area is 118 Å². The van der Waals surface area contributed by atoms with Crippen molar-refractivity contribution in [1.29, 1.82) is 0 Å². The molecule has 4 rings (SSSR count). The lowest BCUT2D eigenvalue weighted by Crippen LogP contribution is -2.26. The summed E-state index contributed by atoms with van der Waals surface area (Å²) in [6.45, 7) is 0. The number of aromatic nitrogens is 6. The van der Waals surface area contributed by atoms with Gasteiger partial charge in [0, 0.05) is 5.10 Å². The van der Waals surface area contributed by atoms with E-state index in [1.54, 1.807) is 0 Å². The minimum Gasteiger partial charge on any atom is -0.258 e. The zero-order chi connectivity index (χ0) is 15.4. The van der Waals surface area contributed by atoms with Gasteiger partial charge in [-0.2, -0.15) is 15.3 Å². The third kappa shape index (κ3) is 1.45. The molecule has 1 aromatic carbocycles. The molecule has 0 saturated heterocycles. The normalized spacial score (nSPS) is 11.5. The Bertz CT molecular complexity index is 1100. The number of nitrogens with one attached hydrogen (secondary N) is 1. The van der Waals surface area contributed by atoms with Crippen LogP contribution >= 0.6 is 0 Å². The molecule has 0 atom stereocenters. The number of rotatable bonds is 2. The number of benzene rings is 1. The van der Waals surface area contributed by atoms with Gasteiger partial charge in [-0.25, -0.2) is 0 Å². The Kier molecular flexibility index (Phi) is 2.14. The van der Waals surface area contributed by atoms with Crippen molar-refractivity contribution in [2.75, 3.05) is 0 Å². The Morgan fingerprint density at radius 2 is 1.86 bits per heavy atom. The molecule has 0 fully saturated rings. The largest absolute Gasteiger partial charge is 0.320 e. The van der Waals surface area contributed by atoms with E-state index < -0.39 is 15.5 Å². The number of hydrogen-bond acceptors (Lipinski definition) is 7. The lowest BCUT2D eigenvalue weighted by atomic mass is 10.2. The second kappa shape index (κ2) is 3.91. The molecule has 0 unspecified atom stereocenters. The first-order valence-corrected chi connectivity index (χ1v) is 5.92. The highest BCUT2D eigenvalue weighted by atomic mass is 16.6. The fourth-order valence-electron chi connectivity index (χ4n) is 2.33. The van der Waals surface area contributed by atoms with Crippen molar-refractivity contribution in [3.63, 3.8) is 0 Å². The van der Waals surface area contributed by atoms with Crippen LogP contribution in [0.4, 0.5) is 11.4 Å². The second-order valence-corrected chi connectivity index (χ2v) is 4.45. The third-order valence-corrected chi connectivity index (χ3v) is 3.24. The Morgan fingerprint density at radius 1 is 1.09 bits per heavy atom. The Balaban J connectivity index is 2.25. The SMILES string of the molecule is O=[N+]([O-])c1cc([N+](=O)[O-])c2[nH]n3nc4cnncc4[n+]3c2c1.